The first-order valence-electron chi connectivity index (χ1n) is 6.73. The number of carbonyl (C=O) groups excluding carboxylic acids is 1. The minimum absolute atomic E-state index is 0.226. The Morgan fingerprint density at radius 3 is 2.84 bits per heavy atom. The predicted molar refractivity (Wildman–Crippen MR) is 80.1 cm³/mol. The van der Waals surface area contributed by atoms with Crippen LogP contribution in [0.5, 0.6) is 0 Å². The van der Waals surface area contributed by atoms with Gasteiger partial charge in [-0.25, -0.2) is 0 Å². The zero-order valence-corrected chi connectivity index (χ0v) is 12.4. The average Bonchev–Trinajstić information content (AvgIpc) is 2.38. The van der Waals surface area contributed by atoms with Crippen LogP contribution in [0, 0.1) is 0 Å². The highest BCUT2D eigenvalue weighted by molar-refractivity contribution is 6.17. The van der Waals surface area contributed by atoms with Crippen molar-refractivity contribution in [2.24, 2.45) is 0 Å². The summed E-state index contributed by atoms with van der Waals surface area (Å²) in [5.74, 6) is 0.858. The largest absolute Gasteiger partial charge is 0.361 e. The number of carbonyl (C=O) groups is 1. The Labute approximate surface area is 120 Å². The van der Waals surface area contributed by atoms with Crippen molar-refractivity contribution in [3.8, 4) is 0 Å². The Kier molecular flexibility index (Phi) is 4.83. The van der Waals surface area contributed by atoms with Gasteiger partial charge in [-0.05, 0) is 43.7 Å². The molecule has 0 aromatic heterocycles. The molecule has 1 aromatic rings. The lowest BCUT2D eigenvalue weighted by atomic mass is 10.0. The second kappa shape index (κ2) is 6.40. The highest BCUT2D eigenvalue weighted by Crippen LogP contribution is 2.27. The monoisotopic (exact) mass is 280 g/mol. The fourth-order valence-electron chi connectivity index (χ4n) is 2.56. The average molecular weight is 281 g/mol. The van der Waals surface area contributed by atoms with Gasteiger partial charge in [0.2, 0.25) is 0 Å². The van der Waals surface area contributed by atoms with Crippen molar-refractivity contribution < 1.29 is 4.79 Å². The number of anilines is 1. The van der Waals surface area contributed by atoms with E-state index < -0.39 is 0 Å². The number of fused-ring (bicyclic) bond motifs is 1. The molecule has 0 unspecified atom stereocenters. The van der Waals surface area contributed by atoms with Crippen molar-refractivity contribution in [1.82, 2.24) is 4.90 Å². The number of unbranched alkanes of at least 4 members (excludes halogenated alkanes) is 1. The minimum atomic E-state index is 0.226. The zero-order valence-electron chi connectivity index (χ0n) is 11.7. The summed E-state index contributed by atoms with van der Waals surface area (Å²) in [6.07, 6.45) is 2.38. The Bertz CT molecular complexity index is 461. The molecule has 3 nitrogen and oxygen atoms in total. The van der Waals surface area contributed by atoms with Crippen molar-refractivity contribution in [2.45, 2.75) is 25.8 Å². The second-order valence-corrected chi connectivity index (χ2v) is 5.64. The van der Waals surface area contributed by atoms with Crippen molar-refractivity contribution >= 4 is 23.1 Å². The van der Waals surface area contributed by atoms with E-state index in [9.17, 15) is 4.79 Å². The molecule has 1 aliphatic heterocycles. The van der Waals surface area contributed by atoms with E-state index in [1.54, 1.807) is 0 Å². The van der Waals surface area contributed by atoms with Gasteiger partial charge in [0, 0.05) is 37.1 Å². The Balaban J connectivity index is 2.12. The standard InChI is InChI=1S/C15H21ClN2O/c1-17-10-13-9-12(15(19)5-3-4-8-16)6-7-14(13)18(2)11-17/h6-7,9H,3-5,8,10-11H2,1-2H3. The lowest BCUT2D eigenvalue weighted by molar-refractivity contribution is 0.0979. The van der Waals surface area contributed by atoms with Crippen LogP contribution in [0.1, 0.15) is 35.2 Å². The normalized spacial score (nSPS) is 15.4. The maximum absolute atomic E-state index is 12.1. The number of nitrogens with zero attached hydrogens (tertiary/aromatic N) is 2. The molecular formula is C15H21ClN2O. The summed E-state index contributed by atoms with van der Waals surface area (Å²) in [5.41, 5.74) is 3.30. The number of hydrogen-bond acceptors (Lipinski definition) is 3. The summed E-state index contributed by atoms with van der Waals surface area (Å²) in [7, 11) is 4.17. The first-order chi connectivity index (χ1) is 9.11. The molecule has 0 N–H and O–H groups in total. The van der Waals surface area contributed by atoms with E-state index >= 15 is 0 Å². The van der Waals surface area contributed by atoms with Crippen molar-refractivity contribution in [3.63, 3.8) is 0 Å². The molecule has 0 bridgehead atoms. The van der Waals surface area contributed by atoms with Gasteiger partial charge in [-0.3, -0.25) is 9.69 Å². The van der Waals surface area contributed by atoms with E-state index in [4.69, 9.17) is 11.6 Å². The van der Waals surface area contributed by atoms with Gasteiger partial charge < -0.3 is 4.90 Å². The SMILES string of the molecule is CN1Cc2cc(C(=O)CCCCCl)ccc2N(C)C1. The fraction of sp³-hybridized carbons (Fsp3) is 0.533. The predicted octanol–water partition coefficient (Wildman–Crippen LogP) is 3.12. The highest BCUT2D eigenvalue weighted by atomic mass is 35.5. The molecule has 0 saturated carbocycles. The Morgan fingerprint density at radius 2 is 2.11 bits per heavy atom. The molecule has 0 radical (unpaired) electrons. The third kappa shape index (κ3) is 3.48. The van der Waals surface area contributed by atoms with Crippen LogP contribution in [0.15, 0.2) is 18.2 Å². The van der Waals surface area contributed by atoms with Crippen LogP contribution in [0.4, 0.5) is 5.69 Å². The van der Waals surface area contributed by atoms with Crippen molar-refractivity contribution in [1.29, 1.82) is 0 Å². The second-order valence-electron chi connectivity index (χ2n) is 5.27. The molecule has 1 aliphatic rings. The molecule has 1 heterocycles. The van der Waals surface area contributed by atoms with Crippen LogP contribution in [-0.2, 0) is 6.54 Å². The van der Waals surface area contributed by atoms with E-state index in [-0.39, 0.29) is 5.78 Å². The smallest absolute Gasteiger partial charge is 0.162 e. The minimum Gasteiger partial charge on any atom is -0.361 e. The maximum Gasteiger partial charge on any atom is 0.162 e. The molecule has 104 valence electrons. The van der Waals surface area contributed by atoms with Gasteiger partial charge in [-0.15, -0.1) is 11.6 Å². The summed E-state index contributed by atoms with van der Waals surface area (Å²) < 4.78 is 0. The van der Waals surface area contributed by atoms with Gasteiger partial charge in [0.1, 0.15) is 0 Å². The van der Waals surface area contributed by atoms with Crippen LogP contribution < -0.4 is 4.90 Å². The molecule has 0 atom stereocenters. The lowest BCUT2D eigenvalue weighted by Gasteiger charge is -2.34. The van der Waals surface area contributed by atoms with Crippen LogP contribution in [0.2, 0.25) is 0 Å². The quantitative estimate of drug-likeness (QED) is 0.470. The molecule has 0 spiro atoms. The fourth-order valence-corrected chi connectivity index (χ4v) is 2.75. The van der Waals surface area contributed by atoms with Gasteiger partial charge in [0.05, 0.1) is 6.67 Å². The van der Waals surface area contributed by atoms with Crippen LogP contribution >= 0.6 is 11.6 Å². The number of Topliss-reactive ketones (excluding diaryl/α,β-unsaturated/α-hetero) is 1. The van der Waals surface area contributed by atoms with Crippen LogP contribution in [-0.4, -0.2) is 37.3 Å². The molecule has 0 fully saturated rings. The number of rotatable bonds is 5. The van der Waals surface area contributed by atoms with Crippen LogP contribution in [0.3, 0.4) is 0 Å². The van der Waals surface area contributed by atoms with E-state index in [0.717, 1.165) is 31.6 Å². The van der Waals surface area contributed by atoms with Gasteiger partial charge in [-0.1, -0.05) is 0 Å². The van der Waals surface area contributed by atoms with E-state index in [1.165, 1.54) is 11.3 Å². The molecule has 4 heteroatoms. The molecule has 1 aromatic carbocycles. The molecule has 19 heavy (non-hydrogen) atoms. The van der Waals surface area contributed by atoms with Gasteiger partial charge >= 0.3 is 0 Å². The third-order valence-corrected chi connectivity index (χ3v) is 3.76. The number of alkyl halides is 1. The summed E-state index contributed by atoms with van der Waals surface area (Å²) in [4.78, 5) is 16.5. The topological polar surface area (TPSA) is 23.6 Å². The van der Waals surface area contributed by atoms with E-state index in [0.29, 0.717) is 12.3 Å². The van der Waals surface area contributed by atoms with Gasteiger partial charge in [-0.2, -0.15) is 0 Å². The summed E-state index contributed by atoms with van der Waals surface area (Å²) >= 11 is 5.64. The Hall–Kier alpha value is -1.06. The van der Waals surface area contributed by atoms with E-state index in [1.807, 2.05) is 12.1 Å². The summed E-state index contributed by atoms with van der Waals surface area (Å²) in [6, 6.07) is 6.06. The number of hydrogen-bond donors (Lipinski definition) is 0. The van der Waals surface area contributed by atoms with Gasteiger partial charge in [0.15, 0.2) is 5.78 Å². The zero-order chi connectivity index (χ0) is 13.8. The lowest BCUT2D eigenvalue weighted by Crippen LogP contribution is -2.37. The molecule has 0 aliphatic carbocycles. The maximum atomic E-state index is 12.1. The molecule has 2 rings (SSSR count). The third-order valence-electron chi connectivity index (χ3n) is 3.49. The number of benzene rings is 1. The first-order valence-corrected chi connectivity index (χ1v) is 7.27. The van der Waals surface area contributed by atoms with Crippen molar-refractivity contribution in [3.05, 3.63) is 29.3 Å². The van der Waals surface area contributed by atoms with Crippen LogP contribution in [0.25, 0.3) is 0 Å². The first kappa shape index (κ1) is 14.4. The van der Waals surface area contributed by atoms with E-state index in [2.05, 4.69) is 30.0 Å². The number of ketones is 1. The highest BCUT2D eigenvalue weighted by Gasteiger charge is 2.18. The molecular weight excluding hydrogens is 260 g/mol. The summed E-state index contributed by atoms with van der Waals surface area (Å²) in [6.45, 7) is 1.83. The van der Waals surface area contributed by atoms with Crippen molar-refractivity contribution in [2.75, 3.05) is 31.5 Å². The Morgan fingerprint density at radius 1 is 1.32 bits per heavy atom. The summed E-state index contributed by atoms with van der Waals surface area (Å²) in [5, 5.41) is 0. The number of halogens is 1. The van der Waals surface area contributed by atoms with Gasteiger partial charge in [0.25, 0.3) is 0 Å². The molecule has 0 amide bonds. The molecule has 0 saturated heterocycles.